The predicted molar refractivity (Wildman–Crippen MR) is 85.3 cm³/mol. The first-order chi connectivity index (χ1) is 11.8. The molecule has 0 aliphatic rings. The zero-order valence-corrected chi connectivity index (χ0v) is 13.7. The third kappa shape index (κ3) is 5.41. The van der Waals surface area contributed by atoms with Gasteiger partial charge in [0.2, 0.25) is 0 Å². The summed E-state index contributed by atoms with van der Waals surface area (Å²) in [4.78, 5) is 12.3. The van der Waals surface area contributed by atoms with E-state index in [2.05, 4.69) is 4.74 Å². The molecule has 2 aromatic carbocycles. The van der Waals surface area contributed by atoms with Crippen LogP contribution in [0.3, 0.4) is 0 Å². The van der Waals surface area contributed by atoms with E-state index in [4.69, 9.17) is 9.47 Å². The molecule has 0 bridgehead atoms. The lowest BCUT2D eigenvalue weighted by Gasteiger charge is -2.10. The fourth-order valence-corrected chi connectivity index (χ4v) is 2.27. The van der Waals surface area contributed by atoms with Gasteiger partial charge in [0.05, 0.1) is 14.2 Å². The Hall–Kier alpha value is -2.70. The molecule has 0 saturated carbocycles. The number of carbonyl (C=O) groups excluding carboxylic acids is 1. The summed E-state index contributed by atoms with van der Waals surface area (Å²) >= 11 is 0. The van der Waals surface area contributed by atoms with Gasteiger partial charge >= 0.3 is 6.36 Å². The van der Waals surface area contributed by atoms with Crippen molar-refractivity contribution in [3.63, 3.8) is 0 Å². The van der Waals surface area contributed by atoms with Crippen molar-refractivity contribution in [2.75, 3.05) is 14.2 Å². The van der Waals surface area contributed by atoms with E-state index in [1.54, 1.807) is 18.2 Å². The first-order valence-corrected chi connectivity index (χ1v) is 7.42. The lowest BCUT2D eigenvalue weighted by molar-refractivity contribution is -0.274. The molecule has 0 aliphatic carbocycles. The number of hydrogen-bond donors (Lipinski definition) is 0. The third-order valence-electron chi connectivity index (χ3n) is 3.50. The number of ether oxygens (including phenoxy) is 3. The molecule has 25 heavy (non-hydrogen) atoms. The summed E-state index contributed by atoms with van der Waals surface area (Å²) in [7, 11) is 2.99. The van der Waals surface area contributed by atoms with Crippen LogP contribution in [-0.2, 0) is 6.42 Å². The van der Waals surface area contributed by atoms with Gasteiger partial charge in [-0.25, -0.2) is 0 Å². The second-order valence-corrected chi connectivity index (χ2v) is 5.18. The minimum atomic E-state index is -4.72. The van der Waals surface area contributed by atoms with Gasteiger partial charge < -0.3 is 14.2 Å². The second-order valence-electron chi connectivity index (χ2n) is 5.18. The zero-order chi connectivity index (χ0) is 18.4. The lowest BCUT2D eigenvalue weighted by Crippen LogP contribution is -2.17. The number of halogens is 3. The van der Waals surface area contributed by atoms with Crippen LogP contribution in [0.5, 0.6) is 17.2 Å². The maximum atomic E-state index is 12.3. The Morgan fingerprint density at radius 3 is 2.16 bits per heavy atom. The van der Waals surface area contributed by atoms with E-state index in [1.807, 2.05) is 0 Å². The van der Waals surface area contributed by atoms with E-state index in [9.17, 15) is 18.0 Å². The van der Waals surface area contributed by atoms with Crippen LogP contribution < -0.4 is 14.2 Å². The smallest absolute Gasteiger partial charge is 0.493 e. The maximum absolute atomic E-state index is 12.3. The van der Waals surface area contributed by atoms with Crippen LogP contribution in [0.15, 0.2) is 42.5 Å². The highest BCUT2D eigenvalue weighted by Crippen LogP contribution is 2.28. The van der Waals surface area contributed by atoms with Gasteiger partial charge in [-0.2, -0.15) is 0 Å². The summed E-state index contributed by atoms with van der Waals surface area (Å²) < 4.78 is 50.4. The van der Waals surface area contributed by atoms with Gasteiger partial charge in [0.15, 0.2) is 17.3 Å². The van der Waals surface area contributed by atoms with Gasteiger partial charge in [0.1, 0.15) is 5.75 Å². The van der Waals surface area contributed by atoms with Crippen molar-refractivity contribution in [1.82, 2.24) is 0 Å². The molecule has 4 nitrogen and oxygen atoms in total. The van der Waals surface area contributed by atoms with Crippen LogP contribution >= 0.6 is 0 Å². The number of ketones is 1. The van der Waals surface area contributed by atoms with E-state index >= 15 is 0 Å². The minimum absolute atomic E-state index is 0.100. The molecule has 0 atom stereocenters. The van der Waals surface area contributed by atoms with Gasteiger partial charge in [-0.05, 0) is 42.3 Å². The highest BCUT2D eigenvalue weighted by molar-refractivity contribution is 5.96. The van der Waals surface area contributed by atoms with Crippen LogP contribution in [0.2, 0.25) is 0 Å². The minimum Gasteiger partial charge on any atom is -0.493 e. The van der Waals surface area contributed by atoms with Crippen molar-refractivity contribution in [2.24, 2.45) is 0 Å². The van der Waals surface area contributed by atoms with Gasteiger partial charge in [-0.1, -0.05) is 12.1 Å². The highest BCUT2D eigenvalue weighted by atomic mass is 19.4. The number of methoxy groups -OCH3 is 2. The van der Waals surface area contributed by atoms with Gasteiger partial charge in [-0.15, -0.1) is 13.2 Å². The van der Waals surface area contributed by atoms with E-state index in [0.29, 0.717) is 23.5 Å². The molecule has 0 N–H and O–H groups in total. The van der Waals surface area contributed by atoms with E-state index in [-0.39, 0.29) is 18.0 Å². The van der Waals surface area contributed by atoms with E-state index in [0.717, 1.165) is 5.56 Å². The summed E-state index contributed by atoms with van der Waals surface area (Å²) in [6, 6.07) is 10.3. The topological polar surface area (TPSA) is 44.8 Å². The first-order valence-electron chi connectivity index (χ1n) is 7.42. The Morgan fingerprint density at radius 2 is 1.60 bits per heavy atom. The van der Waals surface area contributed by atoms with E-state index in [1.165, 1.54) is 38.5 Å². The van der Waals surface area contributed by atoms with Crippen molar-refractivity contribution >= 4 is 5.78 Å². The van der Waals surface area contributed by atoms with Crippen LogP contribution in [-0.4, -0.2) is 26.4 Å². The van der Waals surface area contributed by atoms with Crippen molar-refractivity contribution in [1.29, 1.82) is 0 Å². The largest absolute Gasteiger partial charge is 0.573 e. The molecule has 0 unspecified atom stereocenters. The predicted octanol–water partition coefficient (Wildman–Crippen LogP) is 4.42. The average Bonchev–Trinajstić information content (AvgIpc) is 2.58. The first kappa shape index (κ1) is 18.6. The monoisotopic (exact) mass is 354 g/mol. The molecule has 0 radical (unpaired) electrons. The summed E-state index contributed by atoms with van der Waals surface area (Å²) in [5.41, 5.74) is 1.22. The molecular weight excluding hydrogens is 337 g/mol. The lowest BCUT2D eigenvalue weighted by atomic mass is 10.0. The summed E-state index contributed by atoms with van der Waals surface area (Å²) in [6.45, 7) is 0. The zero-order valence-electron chi connectivity index (χ0n) is 13.7. The Bertz CT molecular complexity index is 724. The molecular formula is C18H17F3O4. The summed E-state index contributed by atoms with van der Waals surface area (Å²) in [5.74, 6) is 0.598. The number of alkyl halides is 3. The molecule has 0 heterocycles. The van der Waals surface area contributed by atoms with E-state index < -0.39 is 6.36 Å². The molecule has 0 saturated heterocycles. The number of rotatable bonds is 7. The summed E-state index contributed by atoms with van der Waals surface area (Å²) in [6.07, 6.45) is -4.10. The third-order valence-corrected chi connectivity index (χ3v) is 3.50. The normalized spacial score (nSPS) is 11.1. The Balaban J connectivity index is 1.98. The molecule has 0 aromatic heterocycles. The van der Waals surface area contributed by atoms with Crippen LogP contribution in [0.4, 0.5) is 13.2 Å². The quantitative estimate of drug-likeness (QED) is 0.691. The molecule has 134 valence electrons. The molecule has 0 aliphatic heterocycles. The Labute approximate surface area is 143 Å². The molecule has 7 heteroatoms. The van der Waals surface area contributed by atoms with Crippen LogP contribution in [0.25, 0.3) is 0 Å². The number of aryl methyl sites for hydroxylation is 1. The van der Waals surface area contributed by atoms with Crippen molar-refractivity contribution in [3.05, 3.63) is 53.6 Å². The maximum Gasteiger partial charge on any atom is 0.573 e. The molecule has 0 spiro atoms. The van der Waals surface area contributed by atoms with Crippen molar-refractivity contribution < 1.29 is 32.2 Å². The number of Topliss-reactive ketones (excluding diaryl/α,β-unsaturated/α-hetero) is 1. The Morgan fingerprint density at radius 1 is 0.960 bits per heavy atom. The van der Waals surface area contributed by atoms with Crippen molar-refractivity contribution in [3.8, 4) is 17.2 Å². The molecule has 0 fully saturated rings. The van der Waals surface area contributed by atoms with Crippen LogP contribution in [0, 0.1) is 0 Å². The summed E-state index contributed by atoms with van der Waals surface area (Å²) in [5, 5.41) is 0. The number of hydrogen-bond acceptors (Lipinski definition) is 4. The Kier molecular flexibility index (Phi) is 5.90. The highest BCUT2D eigenvalue weighted by Gasteiger charge is 2.30. The number of benzene rings is 2. The molecule has 0 amide bonds. The fraction of sp³-hybridized carbons (Fsp3) is 0.278. The van der Waals surface area contributed by atoms with Crippen LogP contribution in [0.1, 0.15) is 22.3 Å². The molecule has 2 rings (SSSR count). The fourth-order valence-electron chi connectivity index (χ4n) is 2.27. The second kappa shape index (κ2) is 7.92. The number of carbonyl (C=O) groups is 1. The molecule has 2 aromatic rings. The average molecular weight is 354 g/mol. The van der Waals surface area contributed by atoms with Gasteiger partial charge in [0, 0.05) is 12.0 Å². The van der Waals surface area contributed by atoms with Crippen molar-refractivity contribution in [2.45, 2.75) is 19.2 Å². The van der Waals surface area contributed by atoms with Gasteiger partial charge in [0.25, 0.3) is 0 Å². The SMILES string of the molecule is COc1ccc(C(=O)CCc2ccc(OC(F)(F)F)cc2)cc1OC. The standard InChI is InChI=1S/C18H17F3O4/c1-23-16-10-6-13(11-17(16)24-2)15(22)9-5-12-3-7-14(8-4-12)25-18(19,20)21/h3-4,6-8,10-11H,5,9H2,1-2H3. The van der Waals surface area contributed by atoms with Gasteiger partial charge in [-0.3, -0.25) is 4.79 Å².